The van der Waals surface area contributed by atoms with Crippen LogP contribution in [0.3, 0.4) is 0 Å². The minimum Gasteiger partial charge on any atom is -0.489 e. The molecule has 9 heteroatoms. The maximum Gasteiger partial charge on any atom is 0.371 e. The van der Waals surface area contributed by atoms with Crippen LogP contribution in [0.1, 0.15) is 35.2 Å². The van der Waals surface area contributed by atoms with E-state index in [1.54, 1.807) is 36.4 Å². The molecule has 0 fully saturated rings. The predicted octanol–water partition coefficient (Wildman–Crippen LogP) is 7.65. The fourth-order valence-electron chi connectivity index (χ4n) is 4.18. The Kier molecular flexibility index (Phi) is 7.22. The first-order valence-electron chi connectivity index (χ1n) is 11.8. The highest BCUT2D eigenvalue weighted by Gasteiger charge is 2.22. The molecule has 3 aromatic carbocycles. The van der Waals surface area contributed by atoms with Gasteiger partial charge in [0.05, 0.1) is 21.0 Å². The summed E-state index contributed by atoms with van der Waals surface area (Å²) in [4.78, 5) is 23.5. The number of fused-ring (bicyclic) bond motifs is 1. The SMILES string of the molecule is CCCc1onc(-c2c(Cl)cccc2Cl)c1COc1ccc(-c2ccc3c(=O)cc(C(=O)O)oc3c2)cc1. The van der Waals surface area contributed by atoms with Crippen LogP contribution in [0.15, 0.2) is 80.5 Å². The van der Waals surface area contributed by atoms with Crippen LogP contribution in [0, 0.1) is 0 Å². The molecule has 38 heavy (non-hydrogen) atoms. The summed E-state index contributed by atoms with van der Waals surface area (Å²) in [5.41, 5.74) is 3.33. The van der Waals surface area contributed by atoms with Gasteiger partial charge in [-0.3, -0.25) is 4.79 Å². The van der Waals surface area contributed by atoms with Crippen molar-refractivity contribution in [1.82, 2.24) is 5.16 Å². The fraction of sp³-hybridized carbons (Fsp3) is 0.138. The lowest BCUT2D eigenvalue weighted by atomic mass is 10.0. The highest BCUT2D eigenvalue weighted by Crippen LogP contribution is 2.37. The van der Waals surface area contributed by atoms with Crippen molar-refractivity contribution in [1.29, 1.82) is 0 Å². The number of carboxylic acids is 1. The largest absolute Gasteiger partial charge is 0.489 e. The summed E-state index contributed by atoms with van der Waals surface area (Å²) in [7, 11) is 0. The van der Waals surface area contributed by atoms with Crippen LogP contribution in [-0.2, 0) is 13.0 Å². The number of aryl methyl sites for hydroxylation is 1. The Bertz CT molecular complexity index is 1690. The second kappa shape index (κ2) is 10.7. The van der Waals surface area contributed by atoms with Crippen molar-refractivity contribution in [2.24, 2.45) is 0 Å². The molecule has 2 aromatic heterocycles. The number of hydrogen-bond donors (Lipinski definition) is 1. The normalized spacial score (nSPS) is 11.1. The number of carbonyl (C=O) groups is 1. The number of hydrogen-bond acceptors (Lipinski definition) is 6. The van der Waals surface area contributed by atoms with Gasteiger partial charge in [-0.1, -0.05) is 59.5 Å². The summed E-state index contributed by atoms with van der Waals surface area (Å²) in [6, 6.07) is 18.7. The summed E-state index contributed by atoms with van der Waals surface area (Å²) in [6.07, 6.45) is 1.56. The zero-order valence-corrected chi connectivity index (χ0v) is 21.7. The Balaban J connectivity index is 1.40. The topological polar surface area (TPSA) is 103 Å². The molecule has 0 spiro atoms. The number of rotatable bonds is 8. The Labute approximate surface area is 227 Å². The van der Waals surface area contributed by atoms with Gasteiger partial charge in [0.15, 0.2) is 5.43 Å². The minimum absolute atomic E-state index is 0.203. The van der Waals surface area contributed by atoms with Gasteiger partial charge >= 0.3 is 5.97 Å². The van der Waals surface area contributed by atoms with Gasteiger partial charge in [0.1, 0.15) is 29.4 Å². The molecule has 0 aliphatic carbocycles. The molecule has 0 unspecified atom stereocenters. The molecule has 192 valence electrons. The Morgan fingerprint density at radius 1 is 1.00 bits per heavy atom. The van der Waals surface area contributed by atoms with Crippen LogP contribution < -0.4 is 10.2 Å². The Hall–Kier alpha value is -4.07. The first-order chi connectivity index (χ1) is 18.4. The summed E-state index contributed by atoms with van der Waals surface area (Å²) >= 11 is 12.8. The number of carboxylic acid groups (broad SMARTS) is 1. The van der Waals surface area contributed by atoms with E-state index >= 15 is 0 Å². The van der Waals surface area contributed by atoms with E-state index in [0.29, 0.717) is 44.6 Å². The molecule has 7 nitrogen and oxygen atoms in total. The van der Waals surface area contributed by atoms with Gasteiger partial charge in [-0.15, -0.1) is 0 Å². The van der Waals surface area contributed by atoms with E-state index in [0.717, 1.165) is 29.2 Å². The molecular formula is C29H21Cl2NO6. The van der Waals surface area contributed by atoms with Crippen molar-refractivity contribution >= 4 is 40.1 Å². The smallest absolute Gasteiger partial charge is 0.371 e. The second-order valence-electron chi connectivity index (χ2n) is 8.58. The predicted molar refractivity (Wildman–Crippen MR) is 145 cm³/mol. The zero-order chi connectivity index (χ0) is 26.8. The quantitative estimate of drug-likeness (QED) is 0.212. The number of nitrogens with zero attached hydrogens (tertiary/aromatic N) is 1. The fourth-order valence-corrected chi connectivity index (χ4v) is 4.75. The number of benzene rings is 3. The molecule has 0 aliphatic rings. The van der Waals surface area contributed by atoms with Crippen molar-refractivity contribution in [2.75, 3.05) is 0 Å². The zero-order valence-electron chi connectivity index (χ0n) is 20.2. The standard InChI is InChI=1S/C29H21Cl2NO6/c1-2-4-24-20(28(32-38-24)27-21(30)5-3-6-22(27)31)15-36-18-10-7-16(8-11-18)17-9-12-19-23(33)14-26(29(34)35)37-25(19)13-17/h3,5-14H,2,4,15H2,1H3,(H,34,35). The number of aromatic nitrogens is 1. The van der Waals surface area contributed by atoms with E-state index in [-0.39, 0.29) is 12.2 Å². The number of halogens is 2. The summed E-state index contributed by atoms with van der Waals surface area (Å²) in [5.74, 6) is -0.370. The molecule has 0 bridgehead atoms. The highest BCUT2D eigenvalue weighted by atomic mass is 35.5. The first kappa shape index (κ1) is 25.6. The minimum atomic E-state index is -1.30. The second-order valence-corrected chi connectivity index (χ2v) is 9.40. The van der Waals surface area contributed by atoms with Crippen molar-refractivity contribution in [3.8, 4) is 28.1 Å². The van der Waals surface area contributed by atoms with Gasteiger partial charge in [0.25, 0.3) is 0 Å². The third-order valence-electron chi connectivity index (χ3n) is 6.06. The molecule has 0 atom stereocenters. The highest BCUT2D eigenvalue weighted by molar-refractivity contribution is 6.39. The van der Waals surface area contributed by atoms with Gasteiger partial charge in [-0.25, -0.2) is 4.79 Å². The molecule has 0 amide bonds. The maximum atomic E-state index is 12.2. The molecule has 2 heterocycles. The van der Waals surface area contributed by atoms with Gasteiger partial charge in [0.2, 0.25) is 5.76 Å². The van der Waals surface area contributed by atoms with Crippen LogP contribution in [0.5, 0.6) is 5.75 Å². The lowest BCUT2D eigenvalue weighted by Gasteiger charge is -2.10. The lowest BCUT2D eigenvalue weighted by Crippen LogP contribution is -2.06. The monoisotopic (exact) mass is 549 g/mol. The number of aromatic carboxylic acids is 1. The van der Waals surface area contributed by atoms with Crippen molar-refractivity contribution in [3.63, 3.8) is 0 Å². The molecular weight excluding hydrogens is 529 g/mol. The van der Waals surface area contributed by atoms with E-state index < -0.39 is 17.2 Å². The third-order valence-corrected chi connectivity index (χ3v) is 6.69. The van der Waals surface area contributed by atoms with E-state index in [9.17, 15) is 14.7 Å². The van der Waals surface area contributed by atoms with Crippen molar-refractivity contribution in [2.45, 2.75) is 26.4 Å². The molecule has 0 saturated heterocycles. The van der Waals surface area contributed by atoms with Gasteiger partial charge in [0, 0.05) is 18.1 Å². The first-order valence-corrected chi connectivity index (χ1v) is 12.6. The van der Waals surface area contributed by atoms with Gasteiger partial charge in [-0.2, -0.15) is 0 Å². The van der Waals surface area contributed by atoms with Crippen molar-refractivity contribution in [3.05, 3.63) is 104 Å². The average Bonchev–Trinajstić information content (AvgIpc) is 3.29. The third kappa shape index (κ3) is 5.03. The lowest BCUT2D eigenvalue weighted by molar-refractivity contribution is 0.0663. The van der Waals surface area contributed by atoms with E-state index in [1.807, 2.05) is 24.3 Å². The molecule has 0 saturated carbocycles. The van der Waals surface area contributed by atoms with E-state index in [4.69, 9.17) is 36.9 Å². The molecule has 0 aliphatic heterocycles. The number of ether oxygens (including phenoxy) is 1. The maximum absolute atomic E-state index is 12.2. The van der Waals surface area contributed by atoms with Gasteiger partial charge in [-0.05, 0) is 53.9 Å². The van der Waals surface area contributed by atoms with Crippen molar-refractivity contribution < 1.29 is 23.6 Å². The molecule has 1 N–H and O–H groups in total. The van der Waals surface area contributed by atoms with Crippen LogP contribution in [-0.4, -0.2) is 16.2 Å². The van der Waals surface area contributed by atoms with Gasteiger partial charge < -0.3 is 18.8 Å². The molecule has 5 aromatic rings. The molecule has 5 rings (SSSR count). The Morgan fingerprint density at radius 3 is 2.39 bits per heavy atom. The van der Waals surface area contributed by atoms with E-state index in [2.05, 4.69) is 12.1 Å². The summed E-state index contributed by atoms with van der Waals surface area (Å²) in [5, 5.41) is 14.7. The van der Waals surface area contributed by atoms with Crippen LogP contribution in [0.2, 0.25) is 10.0 Å². The van der Waals surface area contributed by atoms with E-state index in [1.165, 1.54) is 0 Å². The van der Waals surface area contributed by atoms with Crippen LogP contribution in [0.25, 0.3) is 33.4 Å². The molecule has 0 radical (unpaired) electrons. The van der Waals surface area contributed by atoms with Crippen LogP contribution >= 0.6 is 23.2 Å². The Morgan fingerprint density at radius 2 is 1.71 bits per heavy atom. The summed E-state index contributed by atoms with van der Waals surface area (Å²) < 4.78 is 17.1. The average molecular weight is 550 g/mol. The van der Waals surface area contributed by atoms with Crippen LogP contribution in [0.4, 0.5) is 0 Å². The summed E-state index contributed by atoms with van der Waals surface area (Å²) in [6.45, 7) is 2.25.